The molecule has 0 spiro atoms. The van der Waals surface area contributed by atoms with Crippen molar-refractivity contribution in [1.82, 2.24) is 25.2 Å². The largest absolute Gasteiger partial charge is 0.434 e. The molecule has 5 rings (SSSR count). The molecule has 1 atom stereocenters. The number of rotatable bonds is 6. The molecular weight excluding hydrogens is 503 g/mol. The van der Waals surface area contributed by atoms with E-state index in [1.165, 1.54) is 36.4 Å². The quantitative estimate of drug-likeness (QED) is 0.345. The minimum absolute atomic E-state index is 0.0341. The van der Waals surface area contributed by atoms with Gasteiger partial charge in [-0.1, -0.05) is 47.6 Å². The van der Waals surface area contributed by atoms with Crippen molar-refractivity contribution in [2.24, 2.45) is 0 Å². The Morgan fingerprint density at radius 1 is 1.05 bits per heavy atom. The van der Waals surface area contributed by atoms with Crippen LogP contribution in [0.25, 0.3) is 28.5 Å². The van der Waals surface area contributed by atoms with Gasteiger partial charge in [0, 0.05) is 11.6 Å². The number of carbonyl (C=O) groups is 1. The summed E-state index contributed by atoms with van der Waals surface area (Å²) in [5.41, 5.74) is -0.434. The molecule has 2 heterocycles. The van der Waals surface area contributed by atoms with E-state index in [1.807, 2.05) is 0 Å². The number of nitrogens with zero attached hydrogens (tertiary/aromatic N) is 4. The molecule has 0 aliphatic heterocycles. The Kier molecular flexibility index (Phi) is 7.00. The molecule has 1 aliphatic rings. The second-order valence-corrected chi connectivity index (χ2v) is 9.11. The van der Waals surface area contributed by atoms with E-state index >= 15 is 0 Å². The first-order valence-electron chi connectivity index (χ1n) is 12.0. The Labute approximate surface area is 214 Å². The molecular formula is C26H24F3N5O4. The predicted molar refractivity (Wildman–Crippen MR) is 129 cm³/mol. The van der Waals surface area contributed by atoms with Crippen molar-refractivity contribution >= 4 is 5.91 Å². The minimum Gasteiger partial charge on any atom is -0.393 e. The average Bonchev–Trinajstić information content (AvgIpc) is 3.58. The van der Waals surface area contributed by atoms with Crippen LogP contribution in [0.1, 0.15) is 43.0 Å². The molecule has 0 radical (unpaired) electrons. The normalized spacial score (nSPS) is 18.8. The van der Waals surface area contributed by atoms with Crippen molar-refractivity contribution in [2.45, 2.75) is 50.1 Å². The maximum atomic E-state index is 14.0. The summed E-state index contributed by atoms with van der Waals surface area (Å²) in [6.07, 6.45) is -3.01. The van der Waals surface area contributed by atoms with Crippen LogP contribution in [-0.4, -0.2) is 48.2 Å². The number of amides is 1. The third kappa shape index (κ3) is 5.31. The summed E-state index contributed by atoms with van der Waals surface area (Å²) in [7, 11) is 0. The lowest BCUT2D eigenvalue weighted by atomic mass is 9.93. The van der Waals surface area contributed by atoms with E-state index in [0.717, 1.165) is 10.9 Å². The first kappa shape index (κ1) is 25.6. The zero-order valence-electron chi connectivity index (χ0n) is 20.0. The molecule has 9 nitrogen and oxygen atoms in total. The fraction of sp³-hybridized carbons (Fsp3) is 0.308. The summed E-state index contributed by atoms with van der Waals surface area (Å²) in [5.74, 6) is -0.862. The monoisotopic (exact) mass is 527 g/mol. The zero-order chi connectivity index (χ0) is 26.9. The van der Waals surface area contributed by atoms with E-state index in [1.54, 1.807) is 18.2 Å². The second kappa shape index (κ2) is 10.4. The van der Waals surface area contributed by atoms with Gasteiger partial charge >= 0.3 is 6.18 Å². The number of aliphatic hydroxyl groups is 2. The lowest BCUT2D eigenvalue weighted by Gasteiger charge is -2.27. The molecule has 2 aromatic carbocycles. The number of aliphatic hydroxyl groups excluding tert-OH is 2. The van der Waals surface area contributed by atoms with E-state index in [-0.39, 0.29) is 35.1 Å². The molecule has 4 aromatic rings. The van der Waals surface area contributed by atoms with Crippen LogP contribution in [0.3, 0.4) is 0 Å². The molecule has 38 heavy (non-hydrogen) atoms. The Morgan fingerprint density at radius 3 is 2.39 bits per heavy atom. The maximum Gasteiger partial charge on any atom is 0.434 e. The third-order valence-corrected chi connectivity index (χ3v) is 6.47. The molecule has 1 aliphatic carbocycles. The van der Waals surface area contributed by atoms with Gasteiger partial charge in [0.25, 0.3) is 11.8 Å². The third-order valence-electron chi connectivity index (χ3n) is 6.47. The van der Waals surface area contributed by atoms with E-state index < -0.39 is 23.9 Å². The molecule has 1 amide bonds. The van der Waals surface area contributed by atoms with Crippen LogP contribution in [0.4, 0.5) is 13.2 Å². The number of alkyl halides is 3. The summed E-state index contributed by atoms with van der Waals surface area (Å²) in [6, 6.07) is 13.9. The van der Waals surface area contributed by atoms with E-state index in [0.29, 0.717) is 36.8 Å². The number of hydrogen-bond acceptors (Lipinski definition) is 7. The SMILES string of the molecule is O=C(N[C@H]1CC[C@H](O)CC1)[C@H](O)c1ccc(-c2noc(-c3cnn(-c4ccccc4)c3C(F)(F)F)n2)cc1. The topological polar surface area (TPSA) is 126 Å². The molecule has 1 saturated carbocycles. The van der Waals surface area contributed by atoms with Gasteiger partial charge in [-0.05, 0) is 43.4 Å². The fourth-order valence-corrected chi connectivity index (χ4v) is 4.46. The molecule has 12 heteroatoms. The highest BCUT2D eigenvalue weighted by atomic mass is 19.4. The molecule has 3 N–H and O–H groups in total. The number of carbonyl (C=O) groups excluding carboxylic acids is 1. The van der Waals surface area contributed by atoms with Gasteiger partial charge in [0.2, 0.25) is 5.82 Å². The summed E-state index contributed by atoms with van der Waals surface area (Å²) in [5, 5.41) is 30.6. The Hall–Kier alpha value is -4.03. The van der Waals surface area contributed by atoms with Crippen molar-refractivity contribution < 1.29 is 32.7 Å². The number of para-hydroxylation sites is 1. The summed E-state index contributed by atoms with van der Waals surface area (Å²) in [6.45, 7) is 0. The second-order valence-electron chi connectivity index (χ2n) is 9.11. The van der Waals surface area contributed by atoms with Gasteiger partial charge in [0.15, 0.2) is 11.8 Å². The molecule has 0 saturated heterocycles. The zero-order valence-corrected chi connectivity index (χ0v) is 20.0. The van der Waals surface area contributed by atoms with Crippen molar-refractivity contribution in [1.29, 1.82) is 0 Å². The van der Waals surface area contributed by atoms with E-state index in [9.17, 15) is 28.2 Å². The van der Waals surface area contributed by atoms with Crippen LogP contribution in [0.2, 0.25) is 0 Å². The van der Waals surface area contributed by atoms with Crippen molar-refractivity contribution in [2.75, 3.05) is 0 Å². The highest BCUT2D eigenvalue weighted by molar-refractivity contribution is 5.82. The smallest absolute Gasteiger partial charge is 0.393 e. The van der Waals surface area contributed by atoms with Crippen molar-refractivity contribution in [3.63, 3.8) is 0 Å². The Morgan fingerprint density at radius 2 is 1.74 bits per heavy atom. The first-order valence-corrected chi connectivity index (χ1v) is 12.0. The van der Waals surface area contributed by atoms with Gasteiger partial charge in [0.05, 0.1) is 23.6 Å². The van der Waals surface area contributed by atoms with Crippen molar-refractivity contribution in [3.8, 4) is 28.5 Å². The summed E-state index contributed by atoms with van der Waals surface area (Å²) < 4.78 is 47.9. The molecule has 0 bridgehead atoms. The molecule has 1 fully saturated rings. The molecule has 2 aromatic heterocycles. The highest BCUT2D eigenvalue weighted by Crippen LogP contribution is 2.38. The number of halogens is 3. The number of hydrogen-bond donors (Lipinski definition) is 3. The van der Waals surface area contributed by atoms with Gasteiger partial charge in [0.1, 0.15) is 0 Å². The van der Waals surface area contributed by atoms with Crippen LogP contribution in [0.5, 0.6) is 0 Å². The van der Waals surface area contributed by atoms with Gasteiger partial charge in [-0.2, -0.15) is 23.3 Å². The van der Waals surface area contributed by atoms with Crippen molar-refractivity contribution in [3.05, 3.63) is 72.1 Å². The number of aromatic nitrogens is 4. The first-order chi connectivity index (χ1) is 18.2. The fourth-order valence-electron chi connectivity index (χ4n) is 4.46. The predicted octanol–water partition coefficient (Wildman–Crippen LogP) is 4.06. The average molecular weight is 528 g/mol. The number of nitrogens with one attached hydrogen (secondary N) is 1. The van der Waals surface area contributed by atoms with Crippen LogP contribution < -0.4 is 5.32 Å². The van der Waals surface area contributed by atoms with Gasteiger partial charge in [-0.25, -0.2) is 4.68 Å². The highest BCUT2D eigenvalue weighted by Gasteiger charge is 2.40. The van der Waals surface area contributed by atoms with Gasteiger partial charge in [-0.15, -0.1) is 0 Å². The molecule has 0 unspecified atom stereocenters. The molecule has 198 valence electrons. The van der Waals surface area contributed by atoms with E-state index in [4.69, 9.17) is 4.52 Å². The van der Waals surface area contributed by atoms with Crippen LogP contribution >= 0.6 is 0 Å². The summed E-state index contributed by atoms with van der Waals surface area (Å²) in [4.78, 5) is 16.6. The number of benzene rings is 2. The van der Waals surface area contributed by atoms with E-state index in [2.05, 4.69) is 20.6 Å². The van der Waals surface area contributed by atoms with Crippen LogP contribution in [-0.2, 0) is 11.0 Å². The maximum absolute atomic E-state index is 14.0. The standard InChI is InChI=1S/C26H24F3N5O4/c27-26(28,29)22-20(14-30-34(22)18-4-2-1-3-5-18)25-32-23(33-38-25)16-8-6-15(7-9-16)21(36)24(37)31-17-10-12-19(35)13-11-17/h1-9,14,17,19,21,35-36H,10-13H2,(H,31,37)/t17-,19-,21-/m1/s1. The van der Waals surface area contributed by atoms with Crippen LogP contribution in [0.15, 0.2) is 65.3 Å². The summed E-state index contributed by atoms with van der Waals surface area (Å²) >= 11 is 0. The Bertz CT molecular complexity index is 1390. The van der Waals surface area contributed by atoms with Gasteiger partial charge in [-0.3, -0.25) is 4.79 Å². The van der Waals surface area contributed by atoms with Gasteiger partial charge < -0.3 is 20.1 Å². The Balaban J connectivity index is 1.34. The van der Waals surface area contributed by atoms with Crippen LogP contribution in [0, 0.1) is 0 Å². The lowest BCUT2D eigenvalue weighted by molar-refractivity contribution is -0.142. The minimum atomic E-state index is -4.74. The lowest BCUT2D eigenvalue weighted by Crippen LogP contribution is -2.41.